The van der Waals surface area contributed by atoms with E-state index in [0.29, 0.717) is 19.5 Å². The zero-order chi connectivity index (χ0) is 12.7. The van der Waals surface area contributed by atoms with Crippen molar-refractivity contribution in [2.24, 2.45) is 0 Å². The molecule has 1 N–H and O–H groups in total. The first-order valence-corrected chi connectivity index (χ1v) is 5.46. The Balaban J connectivity index is 2.64. The molecule has 0 spiro atoms. The van der Waals surface area contributed by atoms with E-state index in [1.165, 1.54) is 0 Å². The van der Waals surface area contributed by atoms with E-state index in [4.69, 9.17) is 11.2 Å². The molecule has 0 radical (unpaired) electrons. The number of ketones is 1. The van der Waals surface area contributed by atoms with Crippen molar-refractivity contribution in [2.45, 2.75) is 13.3 Å². The molecule has 90 valence electrons. The lowest BCUT2D eigenvalue weighted by molar-refractivity contribution is -0.117. The highest BCUT2D eigenvalue weighted by molar-refractivity contribution is 5.83. The molecule has 0 fully saturated rings. The summed E-state index contributed by atoms with van der Waals surface area (Å²) in [5, 5.41) is 2.88. The van der Waals surface area contributed by atoms with Crippen LogP contribution in [0.25, 0.3) is 0 Å². The monoisotopic (exact) mass is 231 g/mol. The first-order valence-electron chi connectivity index (χ1n) is 5.46. The average Bonchev–Trinajstić information content (AvgIpc) is 2.29. The van der Waals surface area contributed by atoms with E-state index >= 15 is 0 Å². The number of carbonyl (C=O) groups is 1. The highest BCUT2D eigenvalue weighted by Crippen LogP contribution is 2.20. The molecule has 0 aliphatic rings. The van der Waals surface area contributed by atoms with E-state index in [1.807, 2.05) is 25.1 Å². The number of ether oxygens (including phenoxy) is 1. The highest BCUT2D eigenvalue weighted by Gasteiger charge is 2.08. The van der Waals surface area contributed by atoms with Gasteiger partial charge in [0.2, 0.25) is 0 Å². The fraction of sp³-hybridized carbons (Fsp3) is 0.357. The lowest BCUT2D eigenvalue weighted by atomic mass is 10.0. The van der Waals surface area contributed by atoms with Crippen LogP contribution in [0.3, 0.4) is 0 Å². The Kier molecular flexibility index (Phi) is 5.25. The predicted octanol–water partition coefficient (Wildman–Crippen LogP) is 1.34. The molecule has 0 bridgehead atoms. The zero-order valence-electron chi connectivity index (χ0n) is 10.2. The summed E-state index contributed by atoms with van der Waals surface area (Å²) in [7, 11) is 1.61. The third-order valence-electron chi connectivity index (χ3n) is 2.37. The van der Waals surface area contributed by atoms with Gasteiger partial charge in [0.15, 0.2) is 5.78 Å². The van der Waals surface area contributed by atoms with Crippen LogP contribution in [0.2, 0.25) is 0 Å². The first-order chi connectivity index (χ1) is 8.17. The van der Waals surface area contributed by atoms with Crippen LogP contribution in [-0.2, 0) is 11.2 Å². The van der Waals surface area contributed by atoms with Gasteiger partial charge >= 0.3 is 0 Å². The van der Waals surface area contributed by atoms with Crippen LogP contribution in [-0.4, -0.2) is 26.0 Å². The summed E-state index contributed by atoms with van der Waals surface area (Å²) < 4.78 is 5.22. The van der Waals surface area contributed by atoms with Crippen molar-refractivity contribution in [1.82, 2.24) is 5.32 Å². The fourth-order valence-electron chi connectivity index (χ4n) is 1.59. The van der Waals surface area contributed by atoms with Crippen LogP contribution >= 0.6 is 0 Å². The number of hydrogen-bond acceptors (Lipinski definition) is 3. The lowest BCUT2D eigenvalue weighted by Gasteiger charge is -2.09. The highest BCUT2D eigenvalue weighted by atomic mass is 16.5. The van der Waals surface area contributed by atoms with E-state index in [9.17, 15) is 4.79 Å². The Bertz CT molecular complexity index is 432. The summed E-state index contributed by atoms with van der Waals surface area (Å²) in [6.07, 6.45) is 5.45. The third-order valence-corrected chi connectivity index (χ3v) is 2.37. The quantitative estimate of drug-likeness (QED) is 0.593. The zero-order valence-corrected chi connectivity index (χ0v) is 10.2. The molecule has 0 aliphatic heterocycles. The Morgan fingerprint density at radius 2 is 2.29 bits per heavy atom. The van der Waals surface area contributed by atoms with Gasteiger partial charge < -0.3 is 4.74 Å². The number of rotatable bonds is 6. The minimum absolute atomic E-state index is 0.101. The van der Waals surface area contributed by atoms with Gasteiger partial charge in [0.1, 0.15) is 5.75 Å². The van der Waals surface area contributed by atoms with Crippen molar-refractivity contribution in [3.63, 3.8) is 0 Å². The number of benzene rings is 1. The molecule has 0 atom stereocenters. The van der Waals surface area contributed by atoms with E-state index in [2.05, 4.69) is 11.2 Å². The Morgan fingerprint density at radius 3 is 2.94 bits per heavy atom. The van der Waals surface area contributed by atoms with Crippen LogP contribution in [0.5, 0.6) is 5.75 Å². The summed E-state index contributed by atoms with van der Waals surface area (Å²) in [6, 6.07) is 5.81. The maximum absolute atomic E-state index is 11.7. The molecular weight excluding hydrogens is 214 g/mol. The van der Waals surface area contributed by atoms with Gasteiger partial charge in [-0.3, -0.25) is 10.1 Å². The van der Waals surface area contributed by atoms with Gasteiger partial charge in [-0.15, -0.1) is 6.42 Å². The second-order valence-electron chi connectivity index (χ2n) is 3.84. The summed E-state index contributed by atoms with van der Waals surface area (Å²) in [6.45, 7) is 2.70. The summed E-state index contributed by atoms with van der Waals surface area (Å²) in [5.74, 6) is 3.28. The molecule has 1 aromatic carbocycles. The molecule has 1 rings (SSSR count). The summed E-state index contributed by atoms with van der Waals surface area (Å²) >= 11 is 0. The molecule has 0 unspecified atom stereocenters. The minimum atomic E-state index is 0.101. The fourth-order valence-corrected chi connectivity index (χ4v) is 1.59. The number of methoxy groups -OCH3 is 1. The van der Waals surface area contributed by atoms with Crippen molar-refractivity contribution >= 4 is 5.78 Å². The maximum Gasteiger partial charge on any atom is 0.151 e. The number of hydrogen-bond donors (Lipinski definition) is 1. The Hall–Kier alpha value is -1.79. The van der Waals surface area contributed by atoms with Gasteiger partial charge in [-0.2, -0.15) is 0 Å². The molecule has 3 heteroatoms. The van der Waals surface area contributed by atoms with Crippen molar-refractivity contribution in [3.05, 3.63) is 29.3 Å². The van der Waals surface area contributed by atoms with Crippen LogP contribution in [0, 0.1) is 19.3 Å². The predicted molar refractivity (Wildman–Crippen MR) is 68.1 cm³/mol. The summed E-state index contributed by atoms with van der Waals surface area (Å²) in [4.78, 5) is 11.7. The molecule has 0 heterocycles. The van der Waals surface area contributed by atoms with E-state index in [-0.39, 0.29) is 5.78 Å². The SMILES string of the molecule is C#CCNCC(=O)Cc1cc(C)ccc1OC. The molecule has 3 nitrogen and oxygen atoms in total. The van der Waals surface area contributed by atoms with Crippen LogP contribution in [0.4, 0.5) is 0 Å². The van der Waals surface area contributed by atoms with Gasteiger partial charge in [-0.1, -0.05) is 23.6 Å². The second kappa shape index (κ2) is 6.72. The van der Waals surface area contributed by atoms with Crippen LogP contribution in [0.15, 0.2) is 18.2 Å². The maximum atomic E-state index is 11.7. The van der Waals surface area contributed by atoms with Gasteiger partial charge in [0, 0.05) is 12.0 Å². The largest absolute Gasteiger partial charge is 0.496 e. The van der Waals surface area contributed by atoms with Gasteiger partial charge in [0.05, 0.1) is 20.2 Å². The van der Waals surface area contributed by atoms with Gasteiger partial charge in [0.25, 0.3) is 0 Å². The molecular formula is C14H17NO2. The van der Waals surface area contributed by atoms with Crippen molar-refractivity contribution < 1.29 is 9.53 Å². The minimum Gasteiger partial charge on any atom is -0.496 e. The molecule has 0 saturated carbocycles. The van der Waals surface area contributed by atoms with E-state index < -0.39 is 0 Å². The number of Topliss-reactive ketones (excluding diaryl/α,β-unsaturated/α-hetero) is 1. The molecule has 0 saturated heterocycles. The van der Waals surface area contributed by atoms with Crippen LogP contribution < -0.4 is 10.1 Å². The standard InChI is InChI=1S/C14H17NO2/c1-4-7-15-10-13(16)9-12-8-11(2)5-6-14(12)17-3/h1,5-6,8,15H,7,9-10H2,2-3H3. The molecule has 1 aromatic rings. The van der Waals surface area contributed by atoms with Crippen molar-refractivity contribution in [3.8, 4) is 18.1 Å². The van der Waals surface area contributed by atoms with E-state index in [0.717, 1.165) is 16.9 Å². The smallest absolute Gasteiger partial charge is 0.151 e. The Morgan fingerprint density at radius 1 is 1.53 bits per heavy atom. The molecule has 0 aliphatic carbocycles. The Labute approximate surface area is 102 Å². The first kappa shape index (κ1) is 13.3. The number of carbonyl (C=O) groups excluding carboxylic acids is 1. The number of nitrogens with one attached hydrogen (secondary N) is 1. The third kappa shape index (κ3) is 4.29. The van der Waals surface area contributed by atoms with Crippen molar-refractivity contribution in [2.75, 3.05) is 20.2 Å². The lowest BCUT2D eigenvalue weighted by Crippen LogP contribution is -2.24. The summed E-state index contributed by atoms with van der Waals surface area (Å²) in [5.41, 5.74) is 2.03. The van der Waals surface area contributed by atoms with Gasteiger partial charge in [-0.05, 0) is 13.0 Å². The number of terminal acetylenes is 1. The molecule has 0 amide bonds. The molecule has 17 heavy (non-hydrogen) atoms. The average molecular weight is 231 g/mol. The van der Waals surface area contributed by atoms with Gasteiger partial charge in [-0.25, -0.2) is 0 Å². The topological polar surface area (TPSA) is 38.3 Å². The van der Waals surface area contributed by atoms with Crippen molar-refractivity contribution in [1.29, 1.82) is 0 Å². The van der Waals surface area contributed by atoms with E-state index in [1.54, 1.807) is 7.11 Å². The second-order valence-corrected chi connectivity index (χ2v) is 3.84. The number of aryl methyl sites for hydroxylation is 1. The van der Waals surface area contributed by atoms with Crippen LogP contribution in [0.1, 0.15) is 11.1 Å². The normalized spacial score (nSPS) is 9.71. The molecule has 0 aromatic heterocycles.